The van der Waals surface area contributed by atoms with E-state index in [2.05, 4.69) is 23.5 Å². The molecule has 0 atom stereocenters. The first-order valence-corrected chi connectivity index (χ1v) is 9.43. The fourth-order valence-corrected chi connectivity index (χ4v) is 3.12. The zero-order valence-electron chi connectivity index (χ0n) is 15.6. The Kier molecular flexibility index (Phi) is 9.55. The molecule has 0 heterocycles. The van der Waals surface area contributed by atoms with Crippen molar-refractivity contribution in [3.8, 4) is 5.75 Å². The summed E-state index contributed by atoms with van der Waals surface area (Å²) in [7, 11) is 0. The fourth-order valence-electron chi connectivity index (χ4n) is 2.93. The van der Waals surface area contributed by atoms with Gasteiger partial charge in [-0.3, -0.25) is 0 Å². The highest BCUT2D eigenvalue weighted by Gasteiger charge is 2.10. The zero-order valence-corrected chi connectivity index (χ0v) is 17.1. The second-order valence-electron chi connectivity index (χ2n) is 6.16. The molecular formula is C22H25Cl2NO3. The molecule has 0 radical (unpaired) electrons. The van der Waals surface area contributed by atoms with Gasteiger partial charge in [0.25, 0.3) is 0 Å². The van der Waals surface area contributed by atoms with Crippen molar-refractivity contribution in [2.45, 2.75) is 13.2 Å². The Morgan fingerprint density at radius 2 is 1.71 bits per heavy atom. The predicted octanol–water partition coefficient (Wildman–Crippen LogP) is 4.59. The molecule has 6 heteroatoms. The zero-order chi connectivity index (χ0) is 18.9. The van der Waals surface area contributed by atoms with Crippen LogP contribution in [0.2, 0.25) is 5.02 Å². The monoisotopic (exact) mass is 421 g/mol. The third-order valence-corrected chi connectivity index (χ3v) is 4.67. The van der Waals surface area contributed by atoms with Crippen molar-refractivity contribution < 1.29 is 14.6 Å². The van der Waals surface area contributed by atoms with E-state index < -0.39 is 0 Å². The molecule has 0 aliphatic heterocycles. The summed E-state index contributed by atoms with van der Waals surface area (Å²) >= 11 is 6.25. The maximum atomic E-state index is 8.76. The van der Waals surface area contributed by atoms with E-state index in [4.69, 9.17) is 26.2 Å². The predicted molar refractivity (Wildman–Crippen MR) is 117 cm³/mol. The first-order valence-electron chi connectivity index (χ1n) is 9.05. The molecule has 3 rings (SSSR count). The van der Waals surface area contributed by atoms with Gasteiger partial charge in [0, 0.05) is 29.2 Å². The minimum atomic E-state index is 0. The number of rotatable bonds is 10. The van der Waals surface area contributed by atoms with Crippen LogP contribution in [0, 0.1) is 0 Å². The highest BCUT2D eigenvalue weighted by Crippen LogP contribution is 2.29. The van der Waals surface area contributed by atoms with Gasteiger partial charge >= 0.3 is 0 Å². The SMILES string of the molecule is Cl.OCCOCCNCc1c(OCc2ccccc2Cl)ccc2ccccc12. The molecule has 3 aromatic carbocycles. The molecule has 0 saturated heterocycles. The molecule has 0 spiro atoms. The van der Waals surface area contributed by atoms with E-state index in [1.807, 2.05) is 42.5 Å². The van der Waals surface area contributed by atoms with Crippen molar-refractivity contribution in [1.29, 1.82) is 0 Å². The average Bonchev–Trinajstić information content (AvgIpc) is 2.70. The molecule has 3 aromatic rings. The number of aliphatic hydroxyl groups excluding tert-OH is 1. The maximum absolute atomic E-state index is 8.76. The van der Waals surface area contributed by atoms with E-state index >= 15 is 0 Å². The molecule has 0 aliphatic rings. The van der Waals surface area contributed by atoms with Crippen molar-refractivity contribution >= 4 is 34.8 Å². The van der Waals surface area contributed by atoms with Crippen molar-refractivity contribution in [2.75, 3.05) is 26.4 Å². The van der Waals surface area contributed by atoms with E-state index in [-0.39, 0.29) is 19.0 Å². The van der Waals surface area contributed by atoms with E-state index in [1.165, 1.54) is 5.39 Å². The first-order chi connectivity index (χ1) is 13.3. The highest BCUT2D eigenvalue weighted by molar-refractivity contribution is 6.31. The number of halogens is 2. The Balaban J connectivity index is 0.00000280. The van der Waals surface area contributed by atoms with Gasteiger partial charge in [0.1, 0.15) is 12.4 Å². The summed E-state index contributed by atoms with van der Waals surface area (Å²) in [6.45, 7) is 2.76. The Labute approximate surface area is 176 Å². The topological polar surface area (TPSA) is 50.7 Å². The van der Waals surface area contributed by atoms with Gasteiger partial charge < -0.3 is 19.9 Å². The second kappa shape index (κ2) is 11.9. The fraction of sp³-hybridized carbons (Fsp3) is 0.273. The number of hydrogen-bond acceptors (Lipinski definition) is 4. The van der Waals surface area contributed by atoms with Crippen LogP contribution in [-0.4, -0.2) is 31.5 Å². The molecule has 0 aliphatic carbocycles. The molecule has 28 heavy (non-hydrogen) atoms. The number of aliphatic hydroxyl groups is 1. The standard InChI is InChI=1S/C22H24ClNO3.ClH/c23-21-8-4-2-6-18(21)16-27-22-10-9-17-5-1-3-7-19(17)20(22)15-24-11-13-26-14-12-25;/h1-10,24-25H,11-16H2;1H. The Bertz CT molecular complexity index is 873. The normalized spacial score (nSPS) is 10.6. The first kappa shape index (κ1) is 22.5. The van der Waals surface area contributed by atoms with Crippen LogP contribution >= 0.6 is 24.0 Å². The maximum Gasteiger partial charge on any atom is 0.124 e. The highest BCUT2D eigenvalue weighted by atomic mass is 35.5. The van der Waals surface area contributed by atoms with Crippen molar-refractivity contribution in [1.82, 2.24) is 5.32 Å². The summed E-state index contributed by atoms with van der Waals surface area (Å²) in [6.07, 6.45) is 0. The smallest absolute Gasteiger partial charge is 0.124 e. The van der Waals surface area contributed by atoms with Gasteiger partial charge in [-0.1, -0.05) is 60.1 Å². The van der Waals surface area contributed by atoms with Crippen LogP contribution < -0.4 is 10.1 Å². The third-order valence-electron chi connectivity index (χ3n) is 4.30. The Morgan fingerprint density at radius 3 is 2.54 bits per heavy atom. The van der Waals surface area contributed by atoms with Gasteiger partial charge in [-0.2, -0.15) is 0 Å². The molecular weight excluding hydrogens is 397 g/mol. The van der Waals surface area contributed by atoms with Gasteiger partial charge in [-0.25, -0.2) is 0 Å². The average molecular weight is 422 g/mol. The van der Waals surface area contributed by atoms with Crippen molar-refractivity contribution in [3.63, 3.8) is 0 Å². The van der Waals surface area contributed by atoms with Crippen LogP contribution in [-0.2, 0) is 17.9 Å². The van der Waals surface area contributed by atoms with E-state index in [9.17, 15) is 0 Å². The number of nitrogens with one attached hydrogen (secondary N) is 1. The van der Waals surface area contributed by atoms with E-state index in [0.29, 0.717) is 37.9 Å². The van der Waals surface area contributed by atoms with E-state index in [1.54, 1.807) is 0 Å². The summed E-state index contributed by atoms with van der Waals surface area (Å²) in [4.78, 5) is 0. The Hall–Kier alpha value is -1.82. The summed E-state index contributed by atoms with van der Waals surface area (Å²) < 4.78 is 11.4. The van der Waals surface area contributed by atoms with Crippen LogP contribution in [0.5, 0.6) is 5.75 Å². The molecule has 150 valence electrons. The molecule has 2 N–H and O–H groups in total. The van der Waals surface area contributed by atoms with Crippen molar-refractivity contribution in [2.24, 2.45) is 0 Å². The van der Waals surface area contributed by atoms with Gasteiger partial charge in [-0.05, 0) is 22.9 Å². The summed E-state index contributed by atoms with van der Waals surface area (Å²) in [5, 5.41) is 15.2. The number of hydrogen-bond donors (Lipinski definition) is 2. The lowest BCUT2D eigenvalue weighted by Crippen LogP contribution is -2.20. The quantitative estimate of drug-likeness (QED) is 0.469. The second-order valence-corrected chi connectivity index (χ2v) is 6.56. The summed E-state index contributed by atoms with van der Waals surface area (Å²) in [5.74, 6) is 0.845. The van der Waals surface area contributed by atoms with Gasteiger partial charge in [0.15, 0.2) is 0 Å². The van der Waals surface area contributed by atoms with Crippen LogP contribution in [0.3, 0.4) is 0 Å². The molecule has 0 amide bonds. The number of benzene rings is 3. The summed E-state index contributed by atoms with van der Waals surface area (Å²) in [5.41, 5.74) is 2.07. The molecule has 4 nitrogen and oxygen atoms in total. The van der Waals surface area contributed by atoms with E-state index in [0.717, 1.165) is 22.3 Å². The largest absolute Gasteiger partial charge is 0.488 e. The van der Waals surface area contributed by atoms with Crippen molar-refractivity contribution in [3.05, 3.63) is 76.8 Å². The summed E-state index contributed by atoms with van der Waals surface area (Å²) in [6, 6.07) is 20.1. The lowest BCUT2D eigenvalue weighted by Gasteiger charge is -2.16. The van der Waals surface area contributed by atoms with Crippen LogP contribution in [0.15, 0.2) is 60.7 Å². The molecule has 0 bridgehead atoms. The lowest BCUT2D eigenvalue weighted by molar-refractivity contribution is 0.0938. The van der Waals surface area contributed by atoms with Gasteiger partial charge in [-0.15, -0.1) is 12.4 Å². The Morgan fingerprint density at radius 1 is 0.929 bits per heavy atom. The molecule has 0 saturated carbocycles. The third kappa shape index (κ3) is 6.09. The number of fused-ring (bicyclic) bond motifs is 1. The minimum Gasteiger partial charge on any atom is -0.488 e. The van der Waals surface area contributed by atoms with Crippen LogP contribution in [0.1, 0.15) is 11.1 Å². The minimum absolute atomic E-state index is 0. The van der Waals surface area contributed by atoms with Gasteiger partial charge in [0.2, 0.25) is 0 Å². The number of ether oxygens (including phenoxy) is 2. The van der Waals surface area contributed by atoms with Crippen LogP contribution in [0.4, 0.5) is 0 Å². The lowest BCUT2D eigenvalue weighted by atomic mass is 10.0. The van der Waals surface area contributed by atoms with Gasteiger partial charge in [0.05, 0.1) is 19.8 Å². The van der Waals surface area contributed by atoms with Crippen LogP contribution in [0.25, 0.3) is 10.8 Å². The molecule has 0 fully saturated rings. The molecule has 0 unspecified atom stereocenters. The molecule has 0 aromatic heterocycles.